The molecule has 0 amide bonds. The summed E-state index contributed by atoms with van der Waals surface area (Å²) in [5.41, 5.74) is 7.68. The van der Waals surface area contributed by atoms with Crippen LogP contribution in [0.1, 0.15) is 15.9 Å². The Hall–Kier alpha value is -3.01. The third-order valence-electron chi connectivity index (χ3n) is 3.86. The molecule has 0 bridgehead atoms. The first kappa shape index (κ1) is 14.9. The molecule has 3 aromatic rings. The van der Waals surface area contributed by atoms with E-state index in [0.29, 0.717) is 28.3 Å². The second kappa shape index (κ2) is 6.01. The van der Waals surface area contributed by atoms with Crippen LogP contribution < -0.4 is 15.2 Å². The van der Waals surface area contributed by atoms with Crippen molar-refractivity contribution in [2.45, 2.75) is 0 Å². The summed E-state index contributed by atoms with van der Waals surface area (Å²) >= 11 is 0. The van der Waals surface area contributed by atoms with Crippen molar-refractivity contribution in [2.75, 3.05) is 20.0 Å². The van der Waals surface area contributed by atoms with Crippen molar-refractivity contribution in [3.8, 4) is 11.5 Å². The molecule has 0 atom stereocenters. The van der Waals surface area contributed by atoms with Crippen LogP contribution >= 0.6 is 0 Å². The number of ether oxygens (including phenoxy) is 2. The van der Waals surface area contributed by atoms with Crippen molar-refractivity contribution >= 4 is 22.2 Å². The SMILES string of the molecule is COc1ccc(C(=O)c2ccc3ccccc3c2N)cc1OC. The molecule has 0 aliphatic rings. The Morgan fingerprint density at radius 1 is 0.913 bits per heavy atom. The van der Waals surface area contributed by atoms with Crippen molar-refractivity contribution in [2.24, 2.45) is 0 Å². The topological polar surface area (TPSA) is 61.5 Å². The van der Waals surface area contributed by atoms with E-state index in [1.807, 2.05) is 30.3 Å². The minimum Gasteiger partial charge on any atom is -0.493 e. The van der Waals surface area contributed by atoms with Crippen LogP contribution in [0.25, 0.3) is 10.8 Å². The molecule has 0 unspecified atom stereocenters. The van der Waals surface area contributed by atoms with Gasteiger partial charge in [-0.25, -0.2) is 0 Å². The average molecular weight is 307 g/mol. The normalized spacial score (nSPS) is 10.5. The predicted molar refractivity (Wildman–Crippen MR) is 91.3 cm³/mol. The van der Waals surface area contributed by atoms with Crippen molar-refractivity contribution < 1.29 is 14.3 Å². The molecule has 0 radical (unpaired) electrons. The molecule has 0 aliphatic carbocycles. The van der Waals surface area contributed by atoms with Gasteiger partial charge in [-0.2, -0.15) is 0 Å². The molecule has 3 aromatic carbocycles. The van der Waals surface area contributed by atoms with Crippen molar-refractivity contribution in [1.82, 2.24) is 0 Å². The zero-order valence-corrected chi connectivity index (χ0v) is 13.0. The summed E-state index contributed by atoms with van der Waals surface area (Å²) < 4.78 is 10.5. The van der Waals surface area contributed by atoms with Gasteiger partial charge in [0.25, 0.3) is 0 Å². The van der Waals surface area contributed by atoms with Crippen LogP contribution in [0.2, 0.25) is 0 Å². The zero-order valence-electron chi connectivity index (χ0n) is 13.0. The summed E-state index contributed by atoms with van der Waals surface area (Å²) in [6, 6.07) is 16.5. The van der Waals surface area contributed by atoms with Gasteiger partial charge in [0, 0.05) is 16.5 Å². The highest BCUT2D eigenvalue weighted by atomic mass is 16.5. The monoisotopic (exact) mass is 307 g/mol. The quantitative estimate of drug-likeness (QED) is 0.590. The Labute approximate surface area is 134 Å². The van der Waals surface area contributed by atoms with E-state index in [9.17, 15) is 4.79 Å². The van der Waals surface area contributed by atoms with Crippen LogP contribution in [0.15, 0.2) is 54.6 Å². The molecule has 0 spiro atoms. The van der Waals surface area contributed by atoms with Crippen molar-refractivity contribution in [3.05, 3.63) is 65.7 Å². The first-order chi connectivity index (χ1) is 11.2. The average Bonchev–Trinajstić information content (AvgIpc) is 2.61. The number of carbonyl (C=O) groups excluding carboxylic acids is 1. The predicted octanol–water partition coefficient (Wildman–Crippen LogP) is 3.67. The summed E-state index contributed by atoms with van der Waals surface area (Å²) in [4.78, 5) is 12.8. The highest BCUT2D eigenvalue weighted by molar-refractivity contribution is 6.16. The Morgan fingerprint density at radius 2 is 1.65 bits per heavy atom. The van der Waals surface area contributed by atoms with Crippen molar-refractivity contribution in [1.29, 1.82) is 0 Å². The van der Waals surface area contributed by atoms with Crippen LogP contribution in [0.4, 0.5) is 5.69 Å². The van der Waals surface area contributed by atoms with Gasteiger partial charge in [-0.3, -0.25) is 4.79 Å². The Balaban J connectivity index is 2.08. The fourth-order valence-corrected chi connectivity index (χ4v) is 2.63. The number of fused-ring (bicyclic) bond motifs is 1. The molecular formula is C19H17NO3. The van der Waals surface area contributed by atoms with Gasteiger partial charge in [0.15, 0.2) is 17.3 Å². The van der Waals surface area contributed by atoms with Gasteiger partial charge in [-0.1, -0.05) is 30.3 Å². The lowest BCUT2D eigenvalue weighted by atomic mass is 9.97. The molecule has 4 nitrogen and oxygen atoms in total. The zero-order chi connectivity index (χ0) is 16.4. The van der Waals surface area contributed by atoms with Crippen LogP contribution in [-0.4, -0.2) is 20.0 Å². The molecule has 4 heteroatoms. The molecule has 116 valence electrons. The van der Waals surface area contributed by atoms with Gasteiger partial charge in [0.05, 0.1) is 19.9 Å². The molecule has 2 N–H and O–H groups in total. The van der Waals surface area contributed by atoms with E-state index < -0.39 is 0 Å². The molecule has 0 heterocycles. The van der Waals surface area contributed by atoms with Crippen LogP contribution in [0, 0.1) is 0 Å². The van der Waals surface area contributed by atoms with E-state index in [0.717, 1.165) is 10.8 Å². The number of carbonyl (C=O) groups is 1. The summed E-state index contributed by atoms with van der Waals surface area (Å²) in [5, 5.41) is 1.88. The van der Waals surface area contributed by atoms with Gasteiger partial charge in [-0.15, -0.1) is 0 Å². The number of hydrogen-bond donors (Lipinski definition) is 1. The Bertz CT molecular complexity index is 887. The number of ketones is 1. The summed E-state index contributed by atoms with van der Waals surface area (Å²) in [6.45, 7) is 0. The second-order valence-electron chi connectivity index (χ2n) is 5.15. The fourth-order valence-electron chi connectivity index (χ4n) is 2.63. The lowest BCUT2D eigenvalue weighted by molar-refractivity contribution is 0.103. The smallest absolute Gasteiger partial charge is 0.195 e. The minimum atomic E-state index is -0.144. The maximum Gasteiger partial charge on any atom is 0.195 e. The standard InChI is InChI=1S/C19H17NO3/c1-22-16-10-8-13(11-17(16)23-2)19(21)15-9-7-12-5-3-4-6-14(12)18(15)20/h3-11H,20H2,1-2H3. The Kier molecular flexibility index (Phi) is 3.89. The molecule has 3 rings (SSSR count). The molecular weight excluding hydrogens is 290 g/mol. The molecule has 23 heavy (non-hydrogen) atoms. The molecule has 0 aromatic heterocycles. The van der Waals surface area contributed by atoms with E-state index in [2.05, 4.69) is 0 Å². The van der Waals surface area contributed by atoms with Gasteiger partial charge in [0.2, 0.25) is 0 Å². The lowest BCUT2D eigenvalue weighted by Crippen LogP contribution is -2.06. The number of nitrogen functional groups attached to an aromatic ring is 1. The van der Waals surface area contributed by atoms with E-state index in [1.54, 1.807) is 31.4 Å². The lowest BCUT2D eigenvalue weighted by Gasteiger charge is -2.11. The number of benzene rings is 3. The molecule has 0 fully saturated rings. The van der Waals surface area contributed by atoms with Gasteiger partial charge >= 0.3 is 0 Å². The number of anilines is 1. The largest absolute Gasteiger partial charge is 0.493 e. The highest BCUT2D eigenvalue weighted by Crippen LogP contribution is 2.31. The molecule has 0 saturated heterocycles. The second-order valence-corrected chi connectivity index (χ2v) is 5.15. The van der Waals surface area contributed by atoms with Gasteiger partial charge in [-0.05, 0) is 29.7 Å². The maximum atomic E-state index is 12.8. The van der Waals surface area contributed by atoms with Crippen LogP contribution in [-0.2, 0) is 0 Å². The van der Waals surface area contributed by atoms with Crippen LogP contribution in [0.5, 0.6) is 11.5 Å². The van der Waals surface area contributed by atoms with Crippen LogP contribution in [0.3, 0.4) is 0 Å². The van der Waals surface area contributed by atoms with E-state index in [1.165, 1.54) is 7.11 Å². The fraction of sp³-hybridized carbons (Fsp3) is 0.105. The maximum absolute atomic E-state index is 12.8. The van der Waals surface area contributed by atoms with Crippen molar-refractivity contribution in [3.63, 3.8) is 0 Å². The summed E-state index contributed by atoms with van der Waals surface area (Å²) in [7, 11) is 3.09. The van der Waals surface area contributed by atoms with Gasteiger partial charge in [0.1, 0.15) is 0 Å². The summed E-state index contributed by atoms with van der Waals surface area (Å²) in [5.74, 6) is 0.947. The minimum absolute atomic E-state index is 0.144. The number of methoxy groups -OCH3 is 2. The number of nitrogens with two attached hydrogens (primary N) is 1. The Morgan fingerprint density at radius 3 is 2.39 bits per heavy atom. The van der Waals surface area contributed by atoms with E-state index in [-0.39, 0.29) is 5.78 Å². The van der Waals surface area contributed by atoms with Gasteiger partial charge < -0.3 is 15.2 Å². The third kappa shape index (κ3) is 2.59. The first-order valence-corrected chi connectivity index (χ1v) is 7.19. The first-order valence-electron chi connectivity index (χ1n) is 7.19. The molecule has 0 aliphatic heterocycles. The number of rotatable bonds is 4. The van der Waals surface area contributed by atoms with E-state index in [4.69, 9.17) is 15.2 Å². The number of hydrogen-bond acceptors (Lipinski definition) is 4. The molecule has 0 saturated carbocycles. The van der Waals surface area contributed by atoms with E-state index >= 15 is 0 Å². The summed E-state index contributed by atoms with van der Waals surface area (Å²) in [6.07, 6.45) is 0. The highest BCUT2D eigenvalue weighted by Gasteiger charge is 2.16. The third-order valence-corrected chi connectivity index (χ3v) is 3.86.